The van der Waals surface area contributed by atoms with Crippen molar-refractivity contribution in [2.45, 2.75) is 26.2 Å². The van der Waals surface area contributed by atoms with E-state index in [1.807, 2.05) is 97.2 Å². The summed E-state index contributed by atoms with van der Waals surface area (Å²) in [7, 11) is 0. The van der Waals surface area contributed by atoms with Gasteiger partial charge in [0, 0.05) is 77.2 Å². The molecule has 0 aliphatic carbocycles. The van der Waals surface area contributed by atoms with Crippen LogP contribution in [0.15, 0.2) is 340 Å². The van der Waals surface area contributed by atoms with E-state index in [1.165, 1.54) is 43.7 Å². The van der Waals surface area contributed by atoms with Crippen molar-refractivity contribution in [1.29, 1.82) is 0 Å². The first-order chi connectivity index (χ1) is 51.2. The van der Waals surface area contributed by atoms with E-state index in [9.17, 15) is 0 Å². The molecule has 0 unspecified atom stereocenters. The molecule has 0 amide bonds. The van der Waals surface area contributed by atoms with Crippen molar-refractivity contribution in [2.75, 3.05) is 0 Å². The van der Waals surface area contributed by atoms with Gasteiger partial charge in [0.05, 0.1) is 44.1 Å². The summed E-state index contributed by atoms with van der Waals surface area (Å²) in [4.78, 5) is 35.1. The Morgan fingerprint density at radius 2 is 0.510 bits per heavy atom. The molecule has 13 aromatic carbocycles. The Morgan fingerprint density at radius 3 is 0.875 bits per heavy atom. The first-order valence-corrected chi connectivity index (χ1v) is 35.1. The molecule has 0 saturated heterocycles. The molecule has 492 valence electrons. The van der Waals surface area contributed by atoms with E-state index in [0.717, 1.165) is 105 Å². The van der Waals surface area contributed by atoms with Gasteiger partial charge in [0.15, 0.2) is 23.3 Å². The van der Waals surface area contributed by atoms with Gasteiger partial charge in [-0.15, -0.1) is 0 Å². The van der Waals surface area contributed by atoms with Gasteiger partial charge < -0.3 is 4.57 Å². The highest BCUT2D eigenvalue weighted by molar-refractivity contribution is 6.15. The van der Waals surface area contributed by atoms with Crippen LogP contribution in [0.25, 0.3) is 178 Å². The van der Waals surface area contributed by atoms with Gasteiger partial charge in [0.2, 0.25) is 11.9 Å². The minimum absolute atomic E-state index is 0.0482. The number of nitrogens with zero attached hydrogens (tertiary/aromatic N) is 11. The molecule has 0 atom stereocenters. The van der Waals surface area contributed by atoms with Crippen LogP contribution in [0.5, 0.6) is 0 Å². The molecule has 11 nitrogen and oxygen atoms in total. The summed E-state index contributed by atoms with van der Waals surface area (Å²) in [6, 6.07) is 117. The van der Waals surface area contributed by atoms with Crippen molar-refractivity contribution in [3.63, 3.8) is 0 Å². The second-order valence-corrected chi connectivity index (χ2v) is 27.4. The van der Waals surface area contributed by atoms with E-state index < -0.39 is 0 Å². The Morgan fingerprint density at radius 1 is 0.221 bits per heavy atom. The van der Waals surface area contributed by atoms with Crippen molar-refractivity contribution in [2.24, 2.45) is 0 Å². The van der Waals surface area contributed by atoms with Gasteiger partial charge in [0.25, 0.3) is 0 Å². The van der Waals surface area contributed by atoms with E-state index in [0.29, 0.717) is 35.2 Å². The predicted molar refractivity (Wildman–Crippen MR) is 426 cm³/mol. The van der Waals surface area contributed by atoms with Crippen LogP contribution in [0, 0.1) is 0 Å². The van der Waals surface area contributed by atoms with E-state index >= 15 is 0 Å². The molecule has 7 heterocycles. The largest absolute Gasteiger partial charge is 0.309 e. The fourth-order valence-corrected chi connectivity index (χ4v) is 15.0. The van der Waals surface area contributed by atoms with Gasteiger partial charge in [-0.05, 0) is 130 Å². The third-order valence-electron chi connectivity index (χ3n) is 20.0. The van der Waals surface area contributed by atoms with E-state index in [1.54, 1.807) is 0 Å². The highest BCUT2D eigenvalue weighted by atomic mass is 15.2. The Hall–Kier alpha value is -13.8. The van der Waals surface area contributed by atoms with Crippen molar-refractivity contribution in [3.8, 4) is 91.2 Å². The molecule has 0 bridgehead atoms. The number of rotatable bonds is 10. The lowest BCUT2D eigenvalue weighted by Crippen LogP contribution is -2.10. The highest BCUT2D eigenvalue weighted by Gasteiger charge is 2.24. The molecule has 0 saturated carbocycles. The van der Waals surface area contributed by atoms with E-state index in [2.05, 4.69) is 287 Å². The Balaban J connectivity index is 0.000000144. The maximum Gasteiger partial charge on any atom is 0.238 e. The molecule has 20 aromatic rings. The Labute approximate surface area is 599 Å². The lowest BCUT2D eigenvalue weighted by molar-refractivity contribution is 0.590. The molecule has 0 aliphatic rings. The lowest BCUT2D eigenvalue weighted by atomic mass is 9.87. The van der Waals surface area contributed by atoms with Crippen LogP contribution >= 0.6 is 0 Å². The summed E-state index contributed by atoms with van der Waals surface area (Å²) in [5, 5.41) is 9.43. The Kier molecular flexibility index (Phi) is 14.8. The van der Waals surface area contributed by atoms with Gasteiger partial charge in [0.1, 0.15) is 5.82 Å². The first kappa shape index (κ1) is 61.3. The van der Waals surface area contributed by atoms with Crippen molar-refractivity contribution >= 4 is 87.2 Å². The summed E-state index contributed by atoms with van der Waals surface area (Å²) in [6.07, 6.45) is 1.85. The summed E-state index contributed by atoms with van der Waals surface area (Å²) >= 11 is 0. The van der Waals surface area contributed by atoms with Crippen LogP contribution in [0.2, 0.25) is 0 Å². The standard InChI is InChI=1S/C49H37N5.C44H28N6/c1-49(2,3)36-26-22-33(23-27-36)47-50-46(32-14-6-4-7-15-32)51-48(52-47)54-43-21-13-11-19-39(43)41-31-35(25-29-45(41)54)34-24-28-44-40(30-34)38-18-10-12-20-42(38)53(44)37-16-8-5-9-17-37;1-3-13-29(14-4-1)42-46-43(30-15-5-2-6-16-30)48-44(47-42)50-38-20-10-8-18-34(38)36-28-32(23-25-40(36)50)31-22-24-39-35(27-31)33-17-7-9-19-37(33)49(39)41-21-11-12-26-45-41/h4-31H,1-3H3;1-28H. The van der Waals surface area contributed by atoms with Gasteiger partial charge in [-0.25, -0.2) is 15.0 Å². The normalized spacial score (nSPS) is 11.8. The smallest absolute Gasteiger partial charge is 0.238 e. The second-order valence-electron chi connectivity index (χ2n) is 27.4. The summed E-state index contributed by atoms with van der Waals surface area (Å²) in [5.74, 6) is 4.63. The quantitative estimate of drug-likeness (QED) is 0.134. The number of benzene rings is 13. The summed E-state index contributed by atoms with van der Waals surface area (Å²) in [6.45, 7) is 6.69. The molecule has 7 aromatic heterocycles. The minimum atomic E-state index is 0.0482. The predicted octanol–water partition coefficient (Wildman–Crippen LogP) is 22.8. The molecular weight excluding hydrogens is 1270 g/mol. The van der Waals surface area contributed by atoms with Gasteiger partial charge in [-0.1, -0.05) is 257 Å². The highest BCUT2D eigenvalue weighted by Crippen LogP contribution is 2.42. The summed E-state index contributed by atoms with van der Waals surface area (Å²) in [5.41, 5.74) is 19.7. The van der Waals surface area contributed by atoms with Crippen LogP contribution in [0.1, 0.15) is 26.3 Å². The number of fused-ring (bicyclic) bond motifs is 12. The average molecular weight is 1340 g/mol. The SMILES string of the molecule is CC(C)(C)c1ccc(-c2nc(-c3ccccc3)nc(-n3c4ccccc4c4cc(-c5ccc6c(c5)c5ccccc5n6-c5ccccc5)ccc43)n2)cc1.c1ccc(-c2nc(-c3ccccc3)nc(-n3c4ccccc4c4cc(-c5ccc6c(c5)c5ccccc5n6-c5ccccn5)ccc43)n2)cc1. The Bertz CT molecular complexity index is 6610. The molecule has 0 N–H and O–H groups in total. The molecule has 11 heteroatoms. The van der Waals surface area contributed by atoms with Gasteiger partial charge in [-0.2, -0.15) is 19.9 Å². The maximum absolute atomic E-state index is 5.17. The molecule has 0 fully saturated rings. The van der Waals surface area contributed by atoms with Crippen molar-refractivity contribution in [3.05, 3.63) is 345 Å². The van der Waals surface area contributed by atoms with E-state index in [4.69, 9.17) is 29.9 Å². The van der Waals surface area contributed by atoms with Crippen LogP contribution in [-0.2, 0) is 5.41 Å². The zero-order valence-corrected chi connectivity index (χ0v) is 57.3. The fraction of sp³-hybridized carbons (Fsp3) is 0.0430. The molecule has 20 rings (SSSR count). The topological polar surface area (TPSA) is 110 Å². The van der Waals surface area contributed by atoms with E-state index in [-0.39, 0.29) is 5.41 Å². The van der Waals surface area contributed by atoms with Crippen LogP contribution in [0.4, 0.5) is 0 Å². The number of hydrogen-bond donors (Lipinski definition) is 0. The van der Waals surface area contributed by atoms with Crippen LogP contribution in [0.3, 0.4) is 0 Å². The molecule has 104 heavy (non-hydrogen) atoms. The lowest BCUT2D eigenvalue weighted by Gasteiger charge is -2.19. The van der Waals surface area contributed by atoms with Crippen molar-refractivity contribution < 1.29 is 0 Å². The molecular formula is C93H65N11. The van der Waals surface area contributed by atoms with Crippen molar-refractivity contribution in [1.82, 2.24) is 53.2 Å². The third-order valence-corrected chi connectivity index (χ3v) is 20.0. The molecule has 0 aliphatic heterocycles. The van der Waals surface area contributed by atoms with Gasteiger partial charge in [-0.3, -0.25) is 13.7 Å². The number of aromatic nitrogens is 11. The number of hydrogen-bond acceptors (Lipinski definition) is 7. The number of para-hydroxylation sites is 5. The van der Waals surface area contributed by atoms with Crippen LogP contribution in [-0.4, -0.2) is 53.2 Å². The zero-order valence-electron chi connectivity index (χ0n) is 57.3. The minimum Gasteiger partial charge on any atom is -0.309 e. The number of pyridine rings is 1. The maximum atomic E-state index is 5.17. The third kappa shape index (κ3) is 10.7. The molecule has 0 spiro atoms. The monoisotopic (exact) mass is 1340 g/mol. The second kappa shape index (κ2) is 25.1. The first-order valence-electron chi connectivity index (χ1n) is 35.1. The molecule has 0 radical (unpaired) electrons. The summed E-state index contributed by atoms with van der Waals surface area (Å²) < 4.78 is 8.95. The van der Waals surface area contributed by atoms with Crippen LogP contribution < -0.4 is 0 Å². The van der Waals surface area contributed by atoms with Gasteiger partial charge >= 0.3 is 0 Å². The zero-order chi connectivity index (χ0) is 69.4. The fourth-order valence-electron chi connectivity index (χ4n) is 15.0. The average Bonchev–Trinajstić information content (AvgIpc) is 1.61.